The number of methoxy groups -OCH3 is 3. The summed E-state index contributed by atoms with van der Waals surface area (Å²) in [5.41, 5.74) is 10.5. The van der Waals surface area contributed by atoms with E-state index < -0.39 is 48.2 Å². The number of amides is 3. The van der Waals surface area contributed by atoms with Crippen LogP contribution in [-0.2, 0) is 47.4 Å². The molecule has 0 aliphatic heterocycles. The zero-order chi connectivity index (χ0) is 84.0. The van der Waals surface area contributed by atoms with Crippen LogP contribution < -0.4 is 40.5 Å². The van der Waals surface area contributed by atoms with Gasteiger partial charge in [0, 0.05) is 57.8 Å². The average Bonchev–Trinajstić information content (AvgIpc) is 1.65. The van der Waals surface area contributed by atoms with Gasteiger partial charge in [0.2, 0.25) is 0 Å². The molecule has 10 aromatic rings. The summed E-state index contributed by atoms with van der Waals surface area (Å²) in [4.78, 5) is 92.9. The fraction of sp³-hybridized carbons (Fsp3) is 0.308. The monoisotopic (exact) mass is 1990 g/mol. The van der Waals surface area contributed by atoms with Crippen LogP contribution in [0.2, 0.25) is 0 Å². The summed E-state index contributed by atoms with van der Waals surface area (Å²) in [6.07, 6.45) is 5.35. The maximum Gasteiger partial charge on any atom is 0.488 e. The number of carbonyl (C=O) groups is 6. The number of alkyl halides is 1. The molecule has 113 heavy (non-hydrogen) atoms. The minimum Gasteiger partial charge on any atom is -0.497 e. The van der Waals surface area contributed by atoms with Crippen LogP contribution in [0.4, 0.5) is 34.9 Å². The van der Waals surface area contributed by atoms with E-state index in [1.54, 1.807) is 91.2 Å². The summed E-state index contributed by atoms with van der Waals surface area (Å²) in [5, 5.41) is 22.3. The predicted molar refractivity (Wildman–Crippen MR) is 454 cm³/mol. The molecule has 2 radical (unpaired) electrons. The summed E-state index contributed by atoms with van der Waals surface area (Å²) in [5.74, 6) is 1.87. The van der Waals surface area contributed by atoms with Crippen molar-refractivity contribution in [3.63, 3.8) is 0 Å². The van der Waals surface area contributed by atoms with Crippen molar-refractivity contribution in [1.82, 2.24) is 19.9 Å². The Hall–Kier alpha value is -8.39. The number of esters is 3. The third-order valence-electron chi connectivity index (χ3n) is 13.7. The molecular weight excluding hydrogens is 1900 g/mol. The molecule has 0 bridgehead atoms. The molecule has 10 rings (SSSR count). The molecule has 0 saturated carbocycles. The number of nitrogens with two attached hydrogens (primary N) is 1. The first kappa shape index (κ1) is 97.0. The second kappa shape index (κ2) is 49.4. The average molecular weight is 2000 g/mol. The number of rotatable bonds is 20. The van der Waals surface area contributed by atoms with E-state index in [1.165, 1.54) is 79.4 Å². The van der Waals surface area contributed by atoms with Crippen LogP contribution in [0, 0.1) is 31.1 Å². The van der Waals surface area contributed by atoms with Crippen LogP contribution >= 0.6 is 88.8 Å². The van der Waals surface area contributed by atoms with E-state index in [-0.39, 0.29) is 43.1 Å². The number of thiazole rings is 4. The van der Waals surface area contributed by atoms with Crippen LogP contribution in [0.3, 0.4) is 0 Å². The number of nitrogen functional groups attached to an aromatic ring is 1. The number of anilines is 4. The Kier molecular flexibility index (Phi) is 42.4. The number of carbonyl (C=O) groups excluding carboxylic acids is 6. The van der Waals surface area contributed by atoms with E-state index in [0.717, 1.165) is 62.4 Å². The molecule has 35 heteroatoms. The zero-order valence-electron chi connectivity index (χ0n) is 66.1. The molecule has 3 amide bonds. The Morgan fingerprint density at radius 1 is 0.496 bits per heavy atom. The molecule has 5 N–H and O–H groups in total. The van der Waals surface area contributed by atoms with Crippen molar-refractivity contribution in [1.29, 1.82) is 1.34 Å². The van der Waals surface area contributed by atoms with Gasteiger partial charge < -0.3 is 58.4 Å². The van der Waals surface area contributed by atoms with Crippen molar-refractivity contribution in [3.8, 4) is 38.1 Å². The summed E-state index contributed by atoms with van der Waals surface area (Å²) in [6, 6.07) is 43.0. The summed E-state index contributed by atoms with van der Waals surface area (Å²) in [6.45, 7) is 23.4. The van der Waals surface area contributed by atoms with Gasteiger partial charge in [-0.25, -0.2) is 58.5 Å². The fourth-order valence-corrected chi connectivity index (χ4v) is 12.6. The van der Waals surface area contributed by atoms with E-state index in [0.29, 0.717) is 81.5 Å². The molecule has 0 aliphatic carbocycles. The second-order valence-corrected chi connectivity index (χ2v) is 32.9. The van der Waals surface area contributed by atoms with E-state index in [2.05, 4.69) is 65.5 Å². The van der Waals surface area contributed by atoms with Gasteiger partial charge in [-0.2, -0.15) is 0 Å². The number of nitrogens with zero attached hydrogens (tertiary/aromatic N) is 6. The van der Waals surface area contributed by atoms with Gasteiger partial charge >= 0.3 is 43.3 Å². The molecule has 0 aliphatic rings. The molecule has 4 heterocycles. The number of hydrogen-bond donors (Lipinski definition) is 4. The van der Waals surface area contributed by atoms with Gasteiger partial charge in [-0.3, -0.25) is 5.32 Å². The molecular formula is C78H91B2Br2ClN8O17S4U. The SMILES string of the molecule is CC(C)(C)OC(=O)Nc1ncc(Br)s1.CCOC(=O)c1ccc(-c2cnc(N(Cc3ccc(OC)cc3)C(=O)OC(C)(C)C)s2)cc1.CCOC(=O)c1ccc(-c2cnc(N)s2)cc1.CCOC(=O)c1ccc(B(O)O)cc1.COc1ccc(CCl)cc1.COc1ccc(CN(C(=O)OC(C)(C)C)c2ncc(Br)s2)cc1.[2H][B].[U]. The van der Waals surface area contributed by atoms with Crippen molar-refractivity contribution >= 4 is 166 Å². The van der Waals surface area contributed by atoms with Crippen LogP contribution in [0.25, 0.3) is 20.9 Å². The molecule has 0 fully saturated rings. The van der Waals surface area contributed by atoms with Gasteiger partial charge in [0.25, 0.3) is 0 Å². The van der Waals surface area contributed by atoms with Crippen molar-refractivity contribution in [2.75, 3.05) is 62.0 Å². The number of ether oxygens (including phenoxy) is 9. The number of hydrogen-bond acceptors (Lipinski definition) is 26. The van der Waals surface area contributed by atoms with E-state index in [1.807, 2.05) is 159 Å². The van der Waals surface area contributed by atoms with E-state index in [9.17, 15) is 28.8 Å². The van der Waals surface area contributed by atoms with Crippen LogP contribution in [-0.4, -0.2) is 141 Å². The van der Waals surface area contributed by atoms with Gasteiger partial charge in [-0.05, 0) is 222 Å². The Morgan fingerprint density at radius 2 is 0.841 bits per heavy atom. The van der Waals surface area contributed by atoms with Crippen molar-refractivity contribution < 1.29 is 113 Å². The summed E-state index contributed by atoms with van der Waals surface area (Å²) >= 11 is 17.7. The smallest absolute Gasteiger partial charge is 0.488 e. The Bertz CT molecular complexity index is 4520. The first-order chi connectivity index (χ1) is 53.6. The third kappa shape index (κ3) is 36.3. The minimum absolute atomic E-state index is 0. The predicted octanol–water partition coefficient (Wildman–Crippen LogP) is 17.9. The molecule has 0 saturated heterocycles. The molecule has 600 valence electrons. The maximum absolute atomic E-state index is 13.0. The van der Waals surface area contributed by atoms with Gasteiger partial charge in [0.1, 0.15) is 34.1 Å². The third-order valence-corrected chi connectivity index (χ3v) is 18.8. The molecule has 0 unspecified atom stereocenters. The topological polar surface area (TPSA) is 322 Å². The van der Waals surface area contributed by atoms with Crippen molar-refractivity contribution in [2.45, 2.75) is 119 Å². The van der Waals surface area contributed by atoms with Crippen molar-refractivity contribution in [2.24, 2.45) is 0 Å². The number of benzene rings is 6. The summed E-state index contributed by atoms with van der Waals surface area (Å²) in [7, 11) is 7.12. The zero-order valence-corrected chi connectivity index (χ0v) is 76.5. The quantitative estimate of drug-likeness (QED) is 0.0238. The van der Waals surface area contributed by atoms with Gasteiger partial charge in [-0.15, -0.1) is 11.6 Å². The minimum atomic E-state index is -1.51. The first-order valence-corrected chi connectivity index (χ1v) is 39.5. The number of nitrogens with one attached hydrogen (secondary N) is 1. The van der Waals surface area contributed by atoms with Crippen LogP contribution in [0.5, 0.6) is 17.2 Å². The van der Waals surface area contributed by atoms with Gasteiger partial charge in [0.15, 0.2) is 20.5 Å². The Labute approximate surface area is 724 Å². The number of halogens is 3. The second-order valence-electron chi connectivity index (χ2n) is 25.7. The van der Waals surface area contributed by atoms with Crippen molar-refractivity contribution in [3.05, 3.63) is 211 Å². The molecule has 4 aromatic heterocycles. The van der Waals surface area contributed by atoms with Gasteiger partial charge in [-0.1, -0.05) is 118 Å². The maximum atomic E-state index is 13.0. The number of aromatic nitrogens is 4. The van der Waals surface area contributed by atoms with Crippen LogP contribution in [0.15, 0.2) is 178 Å². The van der Waals surface area contributed by atoms with Crippen LogP contribution in [0.1, 0.15) is 131 Å². The van der Waals surface area contributed by atoms with E-state index >= 15 is 0 Å². The molecule has 0 atom stereocenters. The Balaban J connectivity index is 0.000000367. The normalized spacial score (nSPS) is 10.5. The Morgan fingerprint density at radius 3 is 1.16 bits per heavy atom. The molecule has 6 aromatic carbocycles. The molecule has 25 nitrogen and oxygen atoms in total. The summed E-state index contributed by atoms with van der Waals surface area (Å²) < 4.78 is 53.2. The first-order valence-electron chi connectivity index (χ1n) is 34.7. The van der Waals surface area contributed by atoms with Gasteiger partial charge in [0.05, 0.1) is 101 Å². The standard InChI is InChI=1S/C25H28N2O5S.C16H19BrN2O3S.C12H12N2O2S.C9H11BO4.C8H11BrN2O2S.C8H9ClO.BH.U/c1-6-31-22(28)19-11-9-18(10-12-19)21-15-26-23(33-21)27(24(29)32-25(2,3)4)16-17-7-13-20(30-5)14-8-17;1-16(2,3)22-15(20)19(14-18-9-13(17)23-14)10-11-5-7-12(21-4)8-6-11;1-2-16-11(15)9-5-3-8(4-6-9)10-7-14-12(13)17-10;1-2-14-9(11)7-3-5-8(6-4-7)10(12)13;1-8(2,3)13-7(12)11-6-10-4-5(9)14-6;1-10-8-4-2-7(6-9)3-5-8;;/h7-15H,6,16H2,1-5H3;5-9H,10H2,1-4H3;3-7H,2H2,1H3,(H2,13,14);3-6,12-13H,2H2,1H3;4H,1-3H3,(H,10,11,12);2-5H,6H2,1H3;1H;/i;;;;;;1D;. The largest absolute Gasteiger partial charge is 0.497 e. The van der Waals surface area contributed by atoms with E-state index in [4.69, 9.17) is 71.4 Å². The molecule has 0 spiro atoms. The fourth-order valence-electron chi connectivity index (χ4n) is 8.59.